The van der Waals surface area contributed by atoms with E-state index in [2.05, 4.69) is 37.1 Å². The van der Waals surface area contributed by atoms with Crippen molar-refractivity contribution in [3.63, 3.8) is 0 Å². The van der Waals surface area contributed by atoms with Gasteiger partial charge in [-0.25, -0.2) is 4.98 Å². The first-order chi connectivity index (χ1) is 9.00. The van der Waals surface area contributed by atoms with Crippen LogP contribution in [0, 0.1) is 11.3 Å². The second kappa shape index (κ2) is 6.00. The molecule has 0 saturated carbocycles. The van der Waals surface area contributed by atoms with Gasteiger partial charge < -0.3 is 4.74 Å². The van der Waals surface area contributed by atoms with Gasteiger partial charge in [-0.3, -0.25) is 4.90 Å². The summed E-state index contributed by atoms with van der Waals surface area (Å²) in [5.41, 5.74) is 1.22. The number of morpholine rings is 1. The van der Waals surface area contributed by atoms with E-state index in [4.69, 9.17) is 15.0 Å². The van der Waals surface area contributed by atoms with Crippen LogP contribution in [-0.4, -0.2) is 36.1 Å². The summed E-state index contributed by atoms with van der Waals surface area (Å²) >= 11 is 1.68. The maximum absolute atomic E-state index is 8.65. The highest BCUT2D eigenvalue weighted by Crippen LogP contribution is 2.30. The normalized spacial score (nSPS) is 21.3. The van der Waals surface area contributed by atoms with Gasteiger partial charge in [0.1, 0.15) is 11.1 Å². The zero-order valence-corrected chi connectivity index (χ0v) is 12.7. The molecule has 2 heterocycles. The van der Waals surface area contributed by atoms with Crippen molar-refractivity contribution < 1.29 is 4.74 Å². The third-order valence-electron chi connectivity index (χ3n) is 3.26. The summed E-state index contributed by atoms with van der Waals surface area (Å²) in [5.74, 6) is 0. The Bertz CT molecular complexity index is 458. The molecule has 0 radical (unpaired) electrons. The van der Waals surface area contributed by atoms with Gasteiger partial charge in [0, 0.05) is 36.9 Å². The molecule has 1 unspecified atom stereocenters. The van der Waals surface area contributed by atoms with E-state index in [0.29, 0.717) is 6.42 Å². The Labute approximate surface area is 119 Å². The lowest BCUT2D eigenvalue weighted by atomic mass is 9.93. The molecule has 1 aliphatic rings. The molecule has 1 aromatic rings. The van der Waals surface area contributed by atoms with Crippen LogP contribution in [0.4, 0.5) is 0 Å². The molecule has 0 aliphatic carbocycles. The van der Waals surface area contributed by atoms with Gasteiger partial charge in [0.15, 0.2) is 0 Å². The van der Waals surface area contributed by atoms with E-state index in [0.717, 1.165) is 36.9 Å². The van der Waals surface area contributed by atoms with Gasteiger partial charge in [0.05, 0.1) is 18.4 Å². The van der Waals surface area contributed by atoms with Gasteiger partial charge in [-0.05, 0) is 0 Å². The first kappa shape index (κ1) is 14.4. The van der Waals surface area contributed by atoms with E-state index in [1.54, 1.807) is 11.3 Å². The standard InChI is InChI=1S/C14H21N3OS/c1-14(2,3)12-10-19-13(16-12)11-9-17(6-4-5-15)7-8-18-11/h10-11H,4,6-9H2,1-3H3. The maximum atomic E-state index is 8.65. The topological polar surface area (TPSA) is 49.2 Å². The highest BCUT2D eigenvalue weighted by atomic mass is 32.1. The molecule has 5 heteroatoms. The minimum atomic E-state index is 0.0635. The fraction of sp³-hybridized carbons (Fsp3) is 0.714. The predicted octanol–water partition coefficient (Wildman–Crippen LogP) is 2.73. The summed E-state index contributed by atoms with van der Waals surface area (Å²) in [4.78, 5) is 7.01. The Kier molecular flexibility index (Phi) is 4.56. The maximum Gasteiger partial charge on any atom is 0.123 e. The molecular weight excluding hydrogens is 258 g/mol. The number of thiazole rings is 1. The second-order valence-electron chi connectivity index (χ2n) is 5.89. The summed E-state index contributed by atoms with van der Waals surface area (Å²) in [6.45, 7) is 9.83. The molecule has 1 aliphatic heterocycles. The minimum absolute atomic E-state index is 0.0635. The third-order valence-corrected chi connectivity index (χ3v) is 4.19. The van der Waals surface area contributed by atoms with Gasteiger partial charge in [0.2, 0.25) is 0 Å². The fourth-order valence-corrected chi connectivity index (χ4v) is 3.13. The zero-order chi connectivity index (χ0) is 13.9. The average Bonchev–Trinajstić information content (AvgIpc) is 2.86. The molecule has 0 aromatic carbocycles. The molecule has 1 atom stereocenters. The Balaban J connectivity index is 2.01. The molecule has 0 bridgehead atoms. The summed E-state index contributed by atoms with van der Waals surface area (Å²) in [6, 6.07) is 2.20. The van der Waals surface area contributed by atoms with Gasteiger partial charge in [-0.15, -0.1) is 11.3 Å². The van der Waals surface area contributed by atoms with Gasteiger partial charge in [0.25, 0.3) is 0 Å². The highest BCUT2D eigenvalue weighted by Gasteiger charge is 2.26. The highest BCUT2D eigenvalue weighted by molar-refractivity contribution is 7.09. The number of hydrogen-bond acceptors (Lipinski definition) is 5. The largest absolute Gasteiger partial charge is 0.368 e. The van der Waals surface area contributed by atoms with Crippen molar-refractivity contribution >= 4 is 11.3 Å². The number of nitrogens with zero attached hydrogens (tertiary/aromatic N) is 3. The minimum Gasteiger partial charge on any atom is -0.368 e. The molecule has 19 heavy (non-hydrogen) atoms. The summed E-state index contributed by atoms with van der Waals surface area (Å²) < 4.78 is 5.82. The van der Waals surface area contributed by atoms with Crippen molar-refractivity contribution in [2.24, 2.45) is 0 Å². The van der Waals surface area contributed by atoms with Gasteiger partial charge >= 0.3 is 0 Å². The number of nitriles is 1. The Hall–Kier alpha value is -0.960. The van der Waals surface area contributed by atoms with Crippen molar-refractivity contribution in [3.05, 3.63) is 16.1 Å². The first-order valence-electron chi connectivity index (χ1n) is 6.67. The van der Waals surface area contributed by atoms with Crippen molar-refractivity contribution in [2.75, 3.05) is 26.2 Å². The lowest BCUT2D eigenvalue weighted by Gasteiger charge is -2.31. The molecule has 0 spiro atoms. The summed E-state index contributed by atoms with van der Waals surface area (Å²) in [5, 5.41) is 11.8. The van der Waals surface area contributed by atoms with Crippen LogP contribution in [-0.2, 0) is 10.2 Å². The first-order valence-corrected chi connectivity index (χ1v) is 7.55. The van der Waals surface area contributed by atoms with E-state index < -0.39 is 0 Å². The van der Waals surface area contributed by atoms with Crippen LogP contribution < -0.4 is 0 Å². The number of ether oxygens (including phenoxy) is 1. The number of hydrogen-bond donors (Lipinski definition) is 0. The number of rotatable bonds is 3. The van der Waals surface area contributed by atoms with E-state index in [1.807, 2.05) is 0 Å². The molecular formula is C14H21N3OS. The van der Waals surface area contributed by atoms with Crippen LogP contribution in [0.25, 0.3) is 0 Å². The van der Waals surface area contributed by atoms with E-state index in [-0.39, 0.29) is 11.5 Å². The molecule has 1 aromatic heterocycles. The van der Waals surface area contributed by atoms with Crippen LogP contribution >= 0.6 is 11.3 Å². The lowest BCUT2D eigenvalue weighted by Crippen LogP contribution is -2.38. The molecule has 0 N–H and O–H groups in total. The van der Waals surface area contributed by atoms with Crippen molar-refractivity contribution in [1.29, 1.82) is 5.26 Å². The van der Waals surface area contributed by atoms with Gasteiger partial charge in [-0.1, -0.05) is 20.8 Å². The van der Waals surface area contributed by atoms with Crippen molar-refractivity contribution in [3.8, 4) is 6.07 Å². The van der Waals surface area contributed by atoms with E-state index in [1.165, 1.54) is 0 Å². The van der Waals surface area contributed by atoms with Crippen molar-refractivity contribution in [1.82, 2.24) is 9.88 Å². The molecule has 1 saturated heterocycles. The molecule has 2 rings (SSSR count). The Morgan fingerprint density at radius 2 is 2.37 bits per heavy atom. The van der Waals surface area contributed by atoms with Gasteiger partial charge in [-0.2, -0.15) is 5.26 Å². The van der Waals surface area contributed by atoms with Crippen LogP contribution in [0.3, 0.4) is 0 Å². The molecule has 1 fully saturated rings. The second-order valence-corrected chi connectivity index (χ2v) is 6.78. The lowest BCUT2D eigenvalue weighted by molar-refractivity contribution is -0.0294. The van der Waals surface area contributed by atoms with E-state index >= 15 is 0 Å². The Morgan fingerprint density at radius 3 is 3.00 bits per heavy atom. The SMILES string of the molecule is CC(C)(C)c1csc(C2CN(CCC#N)CCO2)n1. The Morgan fingerprint density at radius 1 is 1.58 bits per heavy atom. The van der Waals surface area contributed by atoms with Crippen LogP contribution in [0.15, 0.2) is 5.38 Å². The third kappa shape index (κ3) is 3.75. The molecule has 0 amide bonds. The fourth-order valence-electron chi connectivity index (χ4n) is 2.04. The van der Waals surface area contributed by atoms with Crippen LogP contribution in [0.1, 0.15) is 44.0 Å². The van der Waals surface area contributed by atoms with E-state index in [9.17, 15) is 0 Å². The monoisotopic (exact) mass is 279 g/mol. The predicted molar refractivity (Wildman–Crippen MR) is 76.2 cm³/mol. The average molecular weight is 279 g/mol. The zero-order valence-electron chi connectivity index (χ0n) is 11.8. The van der Waals surface area contributed by atoms with Crippen molar-refractivity contribution in [2.45, 2.75) is 38.7 Å². The van der Waals surface area contributed by atoms with Crippen LogP contribution in [0.5, 0.6) is 0 Å². The summed E-state index contributed by atoms with van der Waals surface area (Å²) in [7, 11) is 0. The smallest absolute Gasteiger partial charge is 0.123 e. The van der Waals surface area contributed by atoms with Crippen LogP contribution in [0.2, 0.25) is 0 Å². The quantitative estimate of drug-likeness (QED) is 0.853. The number of aromatic nitrogens is 1. The summed E-state index contributed by atoms with van der Waals surface area (Å²) in [6.07, 6.45) is 0.645. The molecule has 4 nitrogen and oxygen atoms in total. The molecule has 104 valence electrons.